The molecular weight excluding hydrogens is 199 g/mol. The van der Waals surface area contributed by atoms with Crippen molar-refractivity contribution in [3.63, 3.8) is 0 Å². The number of rotatable bonds is 4. The summed E-state index contributed by atoms with van der Waals surface area (Å²) < 4.78 is 17.0. The molecule has 0 saturated carbocycles. The van der Waals surface area contributed by atoms with Gasteiger partial charge in [-0.2, -0.15) is 0 Å². The molecule has 1 aromatic carbocycles. The summed E-state index contributed by atoms with van der Waals surface area (Å²) in [5.41, 5.74) is -1.25. The SMILES string of the molecule is CC(O)(CF)C(=O)OCc1ccccc1. The quantitative estimate of drug-likeness (QED) is 0.768. The van der Waals surface area contributed by atoms with E-state index in [-0.39, 0.29) is 6.61 Å². The Balaban J connectivity index is 2.48. The number of benzene rings is 1. The largest absolute Gasteiger partial charge is 0.459 e. The van der Waals surface area contributed by atoms with Gasteiger partial charge >= 0.3 is 5.97 Å². The van der Waals surface area contributed by atoms with Crippen LogP contribution in [-0.2, 0) is 16.1 Å². The van der Waals surface area contributed by atoms with Gasteiger partial charge in [0.25, 0.3) is 0 Å². The van der Waals surface area contributed by atoms with Crippen LogP contribution in [0, 0.1) is 0 Å². The first kappa shape index (κ1) is 11.7. The van der Waals surface area contributed by atoms with Crippen molar-refractivity contribution in [2.45, 2.75) is 19.1 Å². The summed E-state index contributed by atoms with van der Waals surface area (Å²) in [6.07, 6.45) is 0. The van der Waals surface area contributed by atoms with Gasteiger partial charge in [0.05, 0.1) is 0 Å². The highest BCUT2D eigenvalue weighted by molar-refractivity contribution is 5.78. The van der Waals surface area contributed by atoms with Crippen molar-refractivity contribution in [3.8, 4) is 0 Å². The fraction of sp³-hybridized carbons (Fsp3) is 0.364. The topological polar surface area (TPSA) is 46.5 Å². The molecule has 0 aliphatic carbocycles. The molecule has 0 heterocycles. The number of halogens is 1. The van der Waals surface area contributed by atoms with Crippen molar-refractivity contribution >= 4 is 5.97 Å². The minimum atomic E-state index is -2.05. The highest BCUT2D eigenvalue weighted by Crippen LogP contribution is 2.09. The Bertz CT molecular complexity index is 322. The summed E-state index contributed by atoms with van der Waals surface area (Å²) in [7, 11) is 0. The summed E-state index contributed by atoms with van der Waals surface area (Å²) in [6, 6.07) is 8.99. The highest BCUT2D eigenvalue weighted by Gasteiger charge is 2.32. The zero-order valence-electron chi connectivity index (χ0n) is 8.44. The normalized spacial score (nSPS) is 14.3. The van der Waals surface area contributed by atoms with E-state index >= 15 is 0 Å². The van der Waals surface area contributed by atoms with Crippen LogP contribution in [0.15, 0.2) is 30.3 Å². The highest BCUT2D eigenvalue weighted by atomic mass is 19.1. The zero-order chi connectivity index (χ0) is 11.3. The lowest BCUT2D eigenvalue weighted by atomic mass is 10.1. The summed E-state index contributed by atoms with van der Waals surface area (Å²) in [5.74, 6) is -0.950. The van der Waals surface area contributed by atoms with Crippen molar-refractivity contribution in [1.82, 2.24) is 0 Å². The molecule has 1 rings (SSSR count). The molecule has 15 heavy (non-hydrogen) atoms. The Kier molecular flexibility index (Phi) is 3.80. The van der Waals surface area contributed by atoms with Gasteiger partial charge in [0.15, 0.2) is 5.60 Å². The Labute approximate surface area is 87.5 Å². The molecule has 1 unspecified atom stereocenters. The molecule has 0 fully saturated rings. The van der Waals surface area contributed by atoms with Gasteiger partial charge in [-0.05, 0) is 12.5 Å². The second-order valence-corrected chi connectivity index (χ2v) is 3.47. The third kappa shape index (κ3) is 3.32. The van der Waals surface area contributed by atoms with E-state index in [1.165, 1.54) is 0 Å². The van der Waals surface area contributed by atoms with Gasteiger partial charge in [-0.25, -0.2) is 9.18 Å². The van der Waals surface area contributed by atoms with Crippen molar-refractivity contribution in [1.29, 1.82) is 0 Å². The van der Waals surface area contributed by atoms with E-state index in [0.29, 0.717) is 0 Å². The molecule has 82 valence electrons. The molecule has 0 aromatic heterocycles. The molecule has 0 aliphatic heterocycles. The van der Waals surface area contributed by atoms with E-state index in [2.05, 4.69) is 0 Å². The fourth-order valence-corrected chi connectivity index (χ4v) is 0.933. The van der Waals surface area contributed by atoms with E-state index in [1.54, 1.807) is 24.3 Å². The number of carbonyl (C=O) groups is 1. The molecule has 4 heteroatoms. The molecular formula is C11H13FO3. The maximum Gasteiger partial charge on any atom is 0.340 e. The van der Waals surface area contributed by atoms with Crippen LogP contribution in [0.25, 0.3) is 0 Å². The molecule has 1 aromatic rings. The lowest BCUT2D eigenvalue weighted by Crippen LogP contribution is -2.38. The van der Waals surface area contributed by atoms with E-state index in [4.69, 9.17) is 4.74 Å². The Morgan fingerprint density at radius 1 is 1.47 bits per heavy atom. The predicted octanol–water partition coefficient (Wildman–Crippen LogP) is 1.45. The van der Waals surface area contributed by atoms with Crippen LogP contribution < -0.4 is 0 Å². The third-order valence-corrected chi connectivity index (χ3v) is 1.91. The Morgan fingerprint density at radius 3 is 2.60 bits per heavy atom. The fourth-order valence-electron chi connectivity index (χ4n) is 0.933. The minimum absolute atomic E-state index is 0.0375. The first-order valence-corrected chi connectivity index (χ1v) is 4.56. The number of carbonyl (C=O) groups excluding carboxylic acids is 1. The van der Waals surface area contributed by atoms with E-state index in [0.717, 1.165) is 12.5 Å². The lowest BCUT2D eigenvalue weighted by molar-refractivity contribution is -0.166. The van der Waals surface area contributed by atoms with Crippen LogP contribution in [0.3, 0.4) is 0 Å². The number of esters is 1. The second-order valence-electron chi connectivity index (χ2n) is 3.47. The lowest BCUT2D eigenvalue weighted by Gasteiger charge is -2.17. The smallest absolute Gasteiger partial charge is 0.340 e. The van der Waals surface area contributed by atoms with Crippen molar-refractivity contribution in [3.05, 3.63) is 35.9 Å². The maximum absolute atomic E-state index is 12.2. The van der Waals surface area contributed by atoms with Gasteiger partial charge in [-0.1, -0.05) is 30.3 Å². The summed E-state index contributed by atoms with van der Waals surface area (Å²) >= 11 is 0. The zero-order valence-corrected chi connectivity index (χ0v) is 8.44. The van der Waals surface area contributed by atoms with E-state index in [1.807, 2.05) is 6.07 Å². The molecule has 3 nitrogen and oxygen atoms in total. The van der Waals surface area contributed by atoms with Gasteiger partial charge < -0.3 is 9.84 Å². The number of alkyl halides is 1. The van der Waals surface area contributed by atoms with Gasteiger partial charge in [0.2, 0.25) is 0 Å². The van der Waals surface area contributed by atoms with Crippen molar-refractivity contribution in [2.24, 2.45) is 0 Å². The van der Waals surface area contributed by atoms with E-state index in [9.17, 15) is 14.3 Å². The number of hydrogen-bond acceptors (Lipinski definition) is 3. The van der Waals surface area contributed by atoms with Crippen LogP contribution in [0.1, 0.15) is 12.5 Å². The number of aliphatic hydroxyl groups is 1. The van der Waals surface area contributed by atoms with Gasteiger partial charge in [-0.3, -0.25) is 0 Å². The van der Waals surface area contributed by atoms with E-state index < -0.39 is 18.2 Å². The standard InChI is InChI=1S/C11H13FO3/c1-11(14,8-12)10(13)15-7-9-5-3-2-4-6-9/h2-6,14H,7-8H2,1H3. The molecule has 1 atom stereocenters. The third-order valence-electron chi connectivity index (χ3n) is 1.91. The van der Waals surface area contributed by atoms with Gasteiger partial charge in [0.1, 0.15) is 13.3 Å². The van der Waals surface area contributed by atoms with Crippen LogP contribution in [0.5, 0.6) is 0 Å². The van der Waals surface area contributed by atoms with Gasteiger partial charge in [0, 0.05) is 0 Å². The molecule has 0 amide bonds. The average molecular weight is 212 g/mol. The van der Waals surface area contributed by atoms with Crippen LogP contribution >= 0.6 is 0 Å². The maximum atomic E-state index is 12.2. The predicted molar refractivity (Wildman–Crippen MR) is 52.8 cm³/mol. The summed E-state index contributed by atoms with van der Waals surface area (Å²) in [5, 5.41) is 9.22. The first-order chi connectivity index (χ1) is 7.06. The molecule has 0 aliphatic rings. The van der Waals surface area contributed by atoms with Gasteiger partial charge in [-0.15, -0.1) is 0 Å². The molecule has 1 N–H and O–H groups in total. The first-order valence-electron chi connectivity index (χ1n) is 4.56. The van der Waals surface area contributed by atoms with Crippen LogP contribution in [0.4, 0.5) is 4.39 Å². The Morgan fingerprint density at radius 2 is 2.07 bits per heavy atom. The molecule has 0 bridgehead atoms. The molecule has 0 saturated heterocycles. The minimum Gasteiger partial charge on any atom is -0.459 e. The van der Waals surface area contributed by atoms with Crippen LogP contribution in [0.2, 0.25) is 0 Å². The van der Waals surface area contributed by atoms with Crippen molar-refractivity contribution < 1.29 is 19.0 Å². The van der Waals surface area contributed by atoms with Crippen molar-refractivity contribution in [2.75, 3.05) is 6.67 Å². The second kappa shape index (κ2) is 4.89. The number of hydrogen-bond donors (Lipinski definition) is 1. The summed E-state index contributed by atoms with van der Waals surface area (Å²) in [4.78, 5) is 11.2. The van der Waals surface area contributed by atoms with Crippen LogP contribution in [-0.4, -0.2) is 23.4 Å². The molecule has 0 spiro atoms. The number of ether oxygens (including phenoxy) is 1. The summed E-state index contributed by atoms with van der Waals surface area (Å²) in [6.45, 7) is -0.0310. The Hall–Kier alpha value is -1.42. The monoisotopic (exact) mass is 212 g/mol. The average Bonchev–Trinajstić information content (AvgIpc) is 2.27. The molecule has 0 radical (unpaired) electrons.